The van der Waals surface area contributed by atoms with Crippen molar-refractivity contribution in [2.24, 2.45) is 0 Å². The second kappa shape index (κ2) is 5.32. The maximum absolute atomic E-state index is 5.43. The van der Waals surface area contributed by atoms with Crippen molar-refractivity contribution in [3.63, 3.8) is 0 Å². The molecule has 2 heteroatoms. The van der Waals surface area contributed by atoms with Gasteiger partial charge in [-0.05, 0) is 32.1 Å². The van der Waals surface area contributed by atoms with Gasteiger partial charge in [-0.2, -0.15) is 0 Å². The Kier molecular flexibility index (Phi) is 4.05. The Labute approximate surface area is 85.2 Å². The van der Waals surface area contributed by atoms with Crippen LogP contribution in [0, 0.1) is 6.08 Å². The average molecular weight is 191 g/mol. The molecule has 0 N–H and O–H groups in total. The van der Waals surface area contributed by atoms with Crippen LogP contribution in [0.4, 0.5) is 0 Å². The average Bonchev–Trinajstić information content (AvgIpc) is 2.19. The highest BCUT2D eigenvalue weighted by atomic mass is 16.5. The van der Waals surface area contributed by atoms with Gasteiger partial charge in [0, 0.05) is 11.6 Å². The molecule has 0 unspecified atom stereocenters. The normalized spacial score (nSPS) is 9.57. The molecule has 1 rings (SSSR count). The number of hydrogen-bond acceptors (Lipinski definition) is 2. The van der Waals surface area contributed by atoms with Crippen molar-refractivity contribution < 1.29 is 9.47 Å². The SMILES string of the molecule is C=[C]c1ccc(OCC)cc1OCC. The van der Waals surface area contributed by atoms with Crippen LogP contribution in [0.2, 0.25) is 0 Å². The zero-order valence-corrected chi connectivity index (χ0v) is 8.67. The summed E-state index contributed by atoms with van der Waals surface area (Å²) in [4.78, 5) is 0. The second-order valence-corrected chi connectivity index (χ2v) is 2.70. The van der Waals surface area contributed by atoms with E-state index in [0.717, 1.165) is 17.1 Å². The zero-order valence-electron chi connectivity index (χ0n) is 8.67. The van der Waals surface area contributed by atoms with Gasteiger partial charge in [-0.3, -0.25) is 0 Å². The maximum atomic E-state index is 5.43. The van der Waals surface area contributed by atoms with E-state index in [2.05, 4.69) is 12.7 Å². The van der Waals surface area contributed by atoms with Crippen molar-refractivity contribution in [1.82, 2.24) is 0 Å². The molecule has 75 valence electrons. The van der Waals surface area contributed by atoms with Gasteiger partial charge >= 0.3 is 0 Å². The second-order valence-electron chi connectivity index (χ2n) is 2.70. The lowest BCUT2D eigenvalue weighted by Crippen LogP contribution is -1.96. The highest BCUT2D eigenvalue weighted by Gasteiger charge is 2.02. The first kappa shape index (κ1) is 10.6. The fourth-order valence-corrected chi connectivity index (χ4v) is 1.18. The van der Waals surface area contributed by atoms with Gasteiger partial charge in [0.05, 0.1) is 13.2 Å². The number of rotatable bonds is 5. The summed E-state index contributed by atoms with van der Waals surface area (Å²) in [6.07, 6.45) is 2.82. The molecule has 14 heavy (non-hydrogen) atoms. The third kappa shape index (κ3) is 2.52. The highest BCUT2D eigenvalue weighted by Crippen LogP contribution is 2.24. The van der Waals surface area contributed by atoms with Gasteiger partial charge in [0.2, 0.25) is 0 Å². The molecule has 0 aliphatic rings. The Hall–Kier alpha value is -1.44. The monoisotopic (exact) mass is 191 g/mol. The molecule has 0 bridgehead atoms. The lowest BCUT2D eigenvalue weighted by molar-refractivity contribution is 0.322. The maximum Gasteiger partial charge on any atom is 0.130 e. The summed E-state index contributed by atoms with van der Waals surface area (Å²) < 4.78 is 10.8. The van der Waals surface area contributed by atoms with Gasteiger partial charge in [0.15, 0.2) is 0 Å². The first-order valence-corrected chi connectivity index (χ1v) is 4.74. The fraction of sp³-hybridized carbons (Fsp3) is 0.333. The molecule has 2 nitrogen and oxygen atoms in total. The molecule has 0 aliphatic heterocycles. The van der Waals surface area contributed by atoms with Gasteiger partial charge < -0.3 is 9.47 Å². The number of hydrogen-bond donors (Lipinski definition) is 0. The van der Waals surface area contributed by atoms with Gasteiger partial charge in [0.1, 0.15) is 11.5 Å². The van der Waals surface area contributed by atoms with Crippen LogP contribution in [0.25, 0.3) is 0 Å². The van der Waals surface area contributed by atoms with Gasteiger partial charge in [-0.15, -0.1) is 0 Å². The van der Waals surface area contributed by atoms with E-state index in [-0.39, 0.29) is 0 Å². The summed E-state index contributed by atoms with van der Waals surface area (Å²) in [5.41, 5.74) is 0.871. The van der Waals surface area contributed by atoms with Crippen LogP contribution in [0.3, 0.4) is 0 Å². The van der Waals surface area contributed by atoms with Crippen LogP contribution in [-0.2, 0) is 0 Å². The molecule has 0 saturated heterocycles. The molecule has 0 heterocycles. The summed E-state index contributed by atoms with van der Waals surface area (Å²) in [5.74, 6) is 1.59. The summed E-state index contributed by atoms with van der Waals surface area (Å²) >= 11 is 0. The van der Waals surface area contributed by atoms with Crippen molar-refractivity contribution in [3.8, 4) is 11.5 Å². The Morgan fingerprint density at radius 1 is 1.21 bits per heavy atom. The molecule has 0 atom stereocenters. The van der Waals surface area contributed by atoms with Gasteiger partial charge in [-0.1, -0.05) is 6.58 Å². The minimum atomic E-state index is 0.629. The van der Waals surface area contributed by atoms with Crippen LogP contribution in [0.5, 0.6) is 11.5 Å². The fourth-order valence-electron chi connectivity index (χ4n) is 1.18. The molecule has 0 fully saturated rings. The highest BCUT2D eigenvalue weighted by molar-refractivity contribution is 5.43. The van der Waals surface area contributed by atoms with Crippen molar-refractivity contribution in [2.75, 3.05) is 13.2 Å². The zero-order chi connectivity index (χ0) is 10.4. The molecular formula is C12H15O2. The van der Waals surface area contributed by atoms with Crippen LogP contribution >= 0.6 is 0 Å². The summed E-state index contributed by atoms with van der Waals surface area (Å²) in [6, 6.07) is 5.64. The predicted octanol–water partition coefficient (Wildman–Crippen LogP) is 2.82. The third-order valence-electron chi connectivity index (χ3n) is 1.75. The number of ether oxygens (including phenoxy) is 2. The summed E-state index contributed by atoms with van der Waals surface area (Å²) in [6.45, 7) is 8.79. The van der Waals surface area contributed by atoms with E-state index in [0.29, 0.717) is 13.2 Å². The van der Waals surface area contributed by atoms with Crippen LogP contribution < -0.4 is 9.47 Å². The standard InChI is InChI=1S/C12H15O2/c1-4-10-7-8-11(13-5-2)9-12(10)14-6-3/h7-9H,1,5-6H2,2-3H3. The van der Waals surface area contributed by atoms with Crippen LogP contribution in [-0.4, -0.2) is 13.2 Å². The Bertz CT molecular complexity index is 305. The Morgan fingerprint density at radius 3 is 2.50 bits per heavy atom. The molecule has 0 aliphatic carbocycles. The molecular weight excluding hydrogens is 176 g/mol. The molecule has 0 aromatic heterocycles. The molecule has 0 amide bonds. The first-order valence-electron chi connectivity index (χ1n) is 4.74. The van der Waals surface area contributed by atoms with Crippen LogP contribution in [0.15, 0.2) is 24.8 Å². The predicted molar refractivity (Wildman–Crippen MR) is 56.8 cm³/mol. The van der Waals surface area contributed by atoms with Crippen molar-refractivity contribution >= 4 is 0 Å². The van der Waals surface area contributed by atoms with Crippen LogP contribution in [0.1, 0.15) is 19.4 Å². The summed E-state index contributed by atoms with van der Waals surface area (Å²) in [7, 11) is 0. The van der Waals surface area contributed by atoms with Gasteiger partial charge in [0.25, 0.3) is 0 Å². The quantitative estimate of drug-likeness (QED) is 0.712. The molecule has 1 aromatic carbocycles. The molecule has 0 saturated carbocycles. The van der Waals surface area contributed by atoms with Crippen molar-refractivity contribution in [2.45, 2.75) is 13.8 Å². The molecule has 1 radical (unpaired) electrons. The molecule has 1 aromatic rings. The van der Waals surface area contributed by atoms with E-state index in [4.69, 9.17) is 9.47 Å². The molecule has 0 spiro atoms. The lowest BCUT2D eigenvalue weighted by atomic mass is 10.2. The van der Waals surface area contributed by atoms with E-state index >= 15 is 0 Å². The van der Waals surface area contributed by atoms with Crippen molar-refractivity contribution in [1.29, 1.82) is 0 Å². The Balaban J connectivity index is 2.94. The van der Waals surface area contributed by atoms with E-state index in [1.54, 1.807) is 0 Å². The van der Waals surface area contributed by atoms with Crippen molar-refractivity contribution in [3.05, 3.63) is 36.4 Å². The third-order valence-corrected chi connectivity index (χ3v) is 1.75. The lowest BCUT2D eigenvalue weighted by Gasteiger charge is -2.09. The largest absolute Gasteiger partial charge is 0.494 e. The van der Waals surface area contributed by atoms with E-state index in [9.17, 15) is 0 Å². The summed E-state index contributed by atoms with van der Waals surface area (Å²) in [5, 5.41) is 0. The Morgan fingerprint density at radius 2 is 1.93 bits per heavy atom. The van der Waals surface area contributed by atoms with E-state index in [1.807, 2.05) is 32.0 Å². The van der Waals surface area contributed by atoms with Gasteiger partial charge in [-0.25, -0.2) is 0 Å². The smallest absolute Gasteiger partial charge is 0.130 e. The minimum Gasteiger partial charge on any atom is -0.494 e. The topological polar surface area (TPSA) is 18.5 Å². The minimum absolute atomic E-state index is 0.629. The van der Waals surface area contributed by atoms with E-state index in [1.165, 1.54) is 0 Å². The first-order chi connectivity index (χ1) is 6.81. The van der Waals surface area contributed by atoms with E-state index < -0.39 is 0 Å². The number of benzene rings is 1.